The van der Waals surface area contributed by atoms with Crippen molar-refractivity contribution in [3.8, 4) is 0 Å². The van der Waals surface area contributed by atoms with E-state index in [1.807, 2.05) is 30.3 Å². The lowest BCUT2D eigenvalue weighted by Gasteiger charge is -2.62. The number of esters is 1. The number of carbonyl (C=O) groups excluding carboxylic acids is 1. The summed E-state index contributed by atoms with van der Waals surface area (Å²) < 4.78 is 6.06. The van der Waals surface area contributed by atoms with Gasteiger partial charge in [-0.15, -0.1) is 0 Å². The van der Waals surface area contributed by atoms with Crippen molar-refractivity contribution < 1.29 is 9.53 Å². The minimum absolute atomic E-state index is 0.0680. The highest BCUT2D eigenvalue weighted by atomic mass is 79.9. The van der Waals surface area contributed by atoms with Gasteiger partial charge in [0.25, 0.3) is 0 Å². The van der Waals surface area contributed by atoms with Crippen LogP contribution in [-0.2, 0) is 4.74 Å². The fraction of sp³-hybridized carbons (Fsp3) is 0.794. The minimum Gasteiger partial charge on any atom is -0.459 e. The number of benzene rings is 1. The number of hydrogen-bond acceptors (Lipinski definition) is 2. The Morgan fingerprint density at radius 2 is 1.65 bits per heavy atom. The van der Waals surface area contributed by atoms with Crippen molar-refractivity contribution in [2.24, 2.45) is 52.3 Å². The Labute approximate surface area is 235 Å². The van der Waals surface area contributed by atoms with Crippen molar-refractivity contribution >= 4 is 21.9 Å². The summed E-state index contributed by atoms with van der Waals surface area (Å²) in [5, 5.41) is 0. The fourth-order valence-electron chi connectivity index (χ4n) is 10.1. The highest BCUT2D eigenvalue weighted by molar-refractivity contribution is 9.09. The van der Waals surface area contributed by atoms with Gasteiger partial charge in [-0.25, -0.2) is 4.79 Å². The van der Waals surface area contributed by atoms with Crippen molar-refractivity contribution in [3.05, 3.63) is 35.9 Å². The summed E-state index contributed by atoms with van der Waals surface area (Å²) in [7, 11) is 0. The highest BCUT2D eigenvalue weighted by Gasteiger charge is 2.62. The highest BCUT2D eigenvalue weighted by Crippen LogP contribution is 2.69. The third kappa shape index (κ3) is 5.21. The molecule has 0 N–H and O–H groups in total. The summed E-state index contributed by atoms with van der Waals surface area (Å²) in [6, 6.07) is 9.53. The van der Waals surface area contributed by atoms with Gasteiger partial charge in [-0.2, -0.15) is 0 Å². The predicted octanol–water partition coefficient (Wildman–Crippen LogP) is 9.71. The number of alkyl halides is 1. The van der Waals surface area contributed by atoms with E-state index in [1.54, 1.807) is 0 Å². The van der Waals surface area contributed by atoms with Gasteiger partial charge < -0.3 is 4.74 Å². The monoisotopic (exact) mass is 570 g/mol. The van der Waals surface area contributed by atoms with Crippen molar-refractivity contribution in [3.63, 3.8) is 0 Å². The zero-order valence-electron chi connectivity index (χ0n) is 24.1. The Bertz CT molecular complexity index is 929. The minimum atomic E-state index is -0.147. The zero-order valence-corrected chi connectivity index (χ0v) is 25.6. The fourth-order valence-corrected chi connectivity index (χ4v) is 11.2. The molecular weight excluding hydrogens is 520 g/mol. The SMILES string of the molecule is CC(C)CCC[C@@H](C)[C@@H]1CC[C@@H]2[C@H]3[C@H](Br)C[C@H]4C[C@H](OC(=O)c5ccccc5)CC[C@]4(C)[C@H]3CC[C@@]21C. The van der Waals surface area contributed by atoms with Crippen molar-refractivity contribution in [1.29, 1.82) is 0 Å². The Morgan fingerprint density at radius 1 is 0.946 bits per heavy atom. The Balaban J connectivity index is 1.26. The van der Waals surface area contributed by atoms with Gasteiger partial charge in [0, 0.05) is 4.83 Å². The average molecular weight is 572 g/mol. The summed E-state index contributed by atoms with van der Waals surface area (Å²) in [4.78, 5) is 13.4. The second-order valence-corrected chi connectivity index (χ2v) is 15.6. The molecule has 4 fully saturated rings. The van der Waals surface area contributed by atoms with Gasteiger partial charge in [0.05, 0.1) is 5.56 Å². The van der Waals surface area contributed by atoms with E-state index >= 15 is 0 Å². The molecule has 0 aromatic heterocycles. The van der Waals surface area contributed by atoms with Crippen LogP contribution in [0.15, 0.2) is 30.3 Å². The molecule has 0 bridgehead atoms. The van der Waals surface area contributed by atoms with Gasteiger partial charge in [-0.1, -0.05) is 88.0 Å². The van der Waals surface area contributed by atoms with Crippen LogP contribution in [0.1, 0.15) is 116 Å². The number of fused-ring (bicyclic) bond motifs is 5. The lowest BCUT2D eigenvalue weighted by Crippen LogP contribution is -2.57. The van der Waals surface area contributed by atoms with Crippen LogP contribution in [-0.4, -0.2) is 16.9 Å². The largest absolute Gasteiger partial charge is 0.459 e. The van der Waals surface area contributed by atoms with Gasteiger partial charge in [0.2, 0.25) is 0 Å². The second-order valence-electron chi connectivity index (χ2n) is 14.4. The predicted molar refractivity (Wildman–Crippen MR) is 157 cm³/mol. The topological polar surface area (TPSA) is 26.3 Å². The van der Waals surface area contributed by atoms with Gasteiger partial charge in [0.15, 0.2) is 0 Å². The van der Waals surface area contributed by atoms with Crippen molar-refractivity contribution in [2.45, 2.75) is 116 Å². The van der Waals surface area contributed by atoms with Crippen LogP contribution in [0.5, 0.6) is 0 Å². The number of ether oxygens (including phenoxy) is 1. The van der Waals surface area contributed by atoms with E-state index in [1.165, 1.54) is 57.8 Å². The molecular formula is C34H51BrO2. The summed E-state index contributed by atoms with van der Waals surface area (Å²) >= 11 is 4.29. The van der Waals surface area contributed by atoms with E-state index in [0.29, 0.717) is 27.1 Å². The van der Waals surface area contributed by atoms with E-state index < -0.39 is 0 Å². The van der Waals surface area contributed by atoms with Gasteiger partial charge in [-0.3, -0.25) is 0 Å². The molecule has 10 atom stereocenters. The number of hydrogen-bond donors (Lipinski definition) is 0. The summed E-state index contributed by atoms with van der Waals surface area (Å²) in [6.07, 6.45) is 14.5. The molecule has 0 saturated heterocycles. The van der Waals surface area contributed by atoms with Crippen molar-refractivity contribution in [2.75, 3.05) is 0 Å². The second kappa shape index (κ2) is 11.0. The molecule has 0 aliphatic heterocycles. The summed E-state index contributed by atoms with van der Waals surface area (Å²) in [5.41, 5.74) is 1.60. The van der Waals surface area contributed by atoms with Crippen LogP contribution >= 0.6 is 15.9 Å². The normalized spacial score (nSPS) is 42.0. The number of rotatable bonds is 7. The molecule has 0 unspecified atom stereocenters. The maximum absolute atomic E-state index is 12.8. The maximum Gasteiger partial charge on any atom is 0.338 e. The molecule has 1 aromatic rings. The third-order valence-electron chi connectivity index (χ3n) is 12.1. The van der Waals surface area contributed by atoms with Crippen LogP contribution in [0.2, 0.25) is 0 Å². The van der Waals surface area contributed by atoms with Crippen LogP contribution in [0.4, 0.5) is 0 Å². The quantitative estimate of drug-likeness (QED) is 0.241. The van der Waals surface area contributed by atoms with E-state index in [0.717, 1.165) is 48.3 Å². The van der Waals surface area contributed by atoms with E-state index in [2.05, 4.69) is 50.5 Å². The molecule has 3 heteroatoms. The van der Waals surface area contributed by atoms with Crippen LogP contribution in [0.3, 0.4) is 0 Å². The van der Waals surface area contributed by atoms with Crippen LogP contribution < -0.4 is 0 Å². The first-order valence-corrected chi connectivity index (χ1v) is 16.4. The van der Waals surface area contributed by atoms with Crippen LogP contribution in [0.25, 0.3) is 0 Å². The van der Waals surface area contributed by atoms with Gasteiger partial charge in [-0.05, 0) is 116 Å². The zero-order chi connectivity index (χ0) is 26.4. The Morgan fingerprint density at radius 3 is 2.38 bits per heavy atom. The van der Waals surface area contributed by atoms with E-state index in [4.69, 9.17) is 4.74 Å². The Hall–Kier alpha value is -0.830. The molecule has 2 nitrogen and oxygen atoms in total. The van der Waals surface area contributed by atoms with Crippen LogP contribution in [0, 0.1) is 52.3 Å². The van der Waals surface area contributed by atoms with Gasteiger partial charge in [0.1, 0.15) is 6.10 Å². The molecule has 0 spiro atoms. The van der Waals surface area contributed by atoms with Crippen molar-refractivity contribution in [1.82, 2.24) is 0 Å². The third-order valence-corrected chi connectivity index (χ3v) is 13.1. The van der Waals surface area contributed by atoms with E-state index in [9.17, 15) is 4.79 Å². The first-order valence-electron chi connectivity index (χ1n) is 15.5. The molecule has 0 amide bonds. The molecule has 5 rings (SSSR count). The molecule has 4 aliphatic carbocycles. The smallest absolute Gasteiger partial charge is 0.338 e. The summed E-state index contributed by atoms with van der Waals surface area (Å²) in [6.45, 7) is 12.6. The standard InChI is InChI=1S/C34H51BrO2/c1-22(2)10-9-11-23(3)27-14-15-28-31-29(17-19-34(27,28)5)33(4)18-16-26(20-25(33)21-30(31)35)37-32(36)24-12-7-6-8-13-24/h6-8,12-13,22-23,25-31H,9-11,14-21H2,1-5H3/t23-,25-,26-,27+,28-,29+,30-,31-,33+,34-/m1/s1. The average Bonchev–Trinajstić information content (AvgIpc) is 3.22. The first-order chi connectivity index (χ1) is 17.6. The molecule has 0 radical (unpaired) electrons. The number of carbonyl (C=O) groups is 1. The molecule has 1 aromatic carbocycles. The lowest BCUT2D eigenvalue weighted by atomic mass is 9.44. The maximum atomic E-state index is 12.8. The molecule has 0 heterocycles. The Kier molecular flexibility index (Phi) is 8.22. The van der Waals surface area contributed by atoms with E-state index in [-0.39, 0.29) is 12.1 Å². The molecule has 206 valence electrons. The first kappa shape index (κ1) is 27.7. The lowest BCUT2D eigenvalue weighted by molar-refractivity contribution is -0.126. The molecule has 4 saturated carbocycles. The number of halogens is 1. The van der Waals surface area contributed by atoms with Gasteiger partial charge >= 0.3 is 5.97 Å². The molecule has 37 heavy (non-hydrogen) atoms. The summed E-state index contributed by atoms with van der Waals surface area (Å²) in [5.74, 6) is 5.61. The molecule has 4 aliphatic rings.